The van der Waals surface area contributed by atoms with Gasteiger partial charge in [-0.3, -0.25) is 4.90 Å². The van der Waals surface area contributed by atoms with Crippen LogP contribution >= 0.6 is 0 Å². The molecule has 1 aliphatic carbocycles. The minimum absolute atomic E-state index is 0.310. The fraction of sp³-hybridized carbons (Fsp3) is 0.606. The van der Waals surface area contributed by atoms with Crippen LogP contribution in [0.4, 0.5) is 0 Å². The Morgan fingerprint density at radius 3 is 2.12 bits per heavy atom. The molecule has 0 unspecified atom stereocenters. The number of nitrogens with zero attached hydrogens (tertiary/aromatic N) is 6. The van der Waals surface area contributed by atoms with Crippen molar-refractivity contribution in [3.63, 3.8) is 0 Å². The number of aromatic nitrogens is 4. The third-order valence-electron chi connectivity index (χ3n) is 6.57. The molecule has 7 nitrogen and oxygen atoms in total. The summed E-state index contributed by atoms with van der Waals surface area (Å²) in [6.45, 7) is 20.5. The maximum Gasteiger partial charge on any atom is 0.162 e. The molecular weight excluding hydrogens is 496 g/mol. The maximum absolute atomic E-state index is 7.56. The van der Waals surface area contributed by atoms with Crippen LogP contribution in [-0.4, -0.2) is 75.4 Å². The number of rotatable bonds is 4. The van der Waals surface area contributed by atoms with Gasteiger partial charge in [0.05, 0.1) is 11.4 Å². The normalized spacial score (nSPS) is 18.9. The van der Waals surface area contributed by atoms with Gasteiger partial charge in [0.1, 0.15) is 24.4 Å². The second kappa shape index (κ2) is 20.9. The van der Waals surface area contributed by atoms with E-state index in [9.17, 15) is 0 Å². The molecule has 1 aromatic carbocycles. The molecule has 1 aliphatic heterocycles. The average molecular weight is 552 g/mol. The Kier molecular flexibility index (Phi) is 17.4. The van der Waals surface area contributed by atoms with Crippen molar-refractivity contribution in [3.8, 4) is 17.6 Å². The SMILES string of the molecule is CC.CC.CC.CC.[2H]CN1CCN(C2CCC(n3nc(C#CCOc4ccccc4)c4cncnc43)CC2)CC1. The van der Waals surface area contributed by atoms with Crippen LogP contribution in [0, 0.1) is 11.8 Å². The molecule has 7 heteroatoms. The van der Waals surface area contributed by atoms with Crippen LogP contribution in [0.15, 0.2) is 42.9 Å². The highest BCUT2D eigenvalue weighted by atomic mass is 16.5. The van der Waals surface area contributed by atoms with Crippen LogP contribution in [0.5, 0.6) is 5.75 Å². The molecular formula is C33H54N6O. The number of para-hydroxylation sites is 1. The highest BCUT2D eigenvalue weighted by Gasteiger charge is 2.29. The summed E-state index contributed by atoms with van der Waals surface area (Å²) in [6.07, 6.45) is 7.93. The van der Waals surface area contributed by atoms with Gasteiger partial charge in [0.2, 0.25) is 0 Å². The average Bonchev–Trinajstić information content (AvgIpc) is 3.46. The summed E-state index contributed by atoms with van der Waals surface area (Å²) in [5.41, 5.74) is 1.58. The summed E-state index contributed by atoms with van der Waals surface area (Å²) in [5.74, 6) is 7.07. The quantitative estimate of drug-likeness (QED) is 0.323. The third-order valence-corrected chi connectivity index (χ3v) is 6.57. The van der Waals surface area contributed by atoms with Crippen molar-refractivity contribution in [3.05, 3.63) is 48.5 Å². The Balaban J connectivity index is 0.000000969. The summed E-state index contributed by atoms with van der Waals surface area (Å²) in [6, 6.07) is 10.7. The van der Waals surface area contributed by atoms with Gasteiger partial charge in [-0.25, -0.2) is 14.6 Å². The van der Waals surface area contributed by atoms with E-state index in [0.717, 1.165) is 61.5 Å². The zero-order valence-corrected chi connectivity index (χ0v) is 26.4. The predicted octanol–water partition coefficient (Wildman–Crippen LogP) is 7.09. The zero-order valence-electron chi connectivity index (χ0n) is 27.4. The second-order valence-corrected chi connectivity index (χ2v) is 8.57. The van der Waals surface area contributed by atoms with Crippen LogP contribution < -0.4 is 4.74 Å². The smallest absolute Gasteiger partial charge is 0.162 e. The van der Waals surface area contributed by atoms with Crippen molar-refractivity contribution in [2.75, 3.05) is 39.8 Å². The van der Waals surface area contributed by atoms with E-state index in [0.29, 0.717) is 25.7 Å². The number of likely N-dealkylation sites (N-methyl/N-ethyl adjacent to an activating group) is 1. The summed E-state index contributed by atoms with van der Waals surface area (Å²) in [5, 5.41) is 5.76. The molecule has 2 aliphatic rings. The van der Waals surface area contributed by atoms with Crippen molar-refractivity contribution >= 4 is 11.0 Å². The van der Waals surface area contributed by atoms with Crippen LogP contribution in [0.2, 0.25) is 0 Å². The Morgan fingerprint density at radius 2 is 1.50 bits per heavy atom. The van der Waals surface area contributed by atoms with Gasteiger partial charge in [-0.2, -0.15) is 5.10 Å². The van der Waals surface area contributed by atoms with Crippen molar-refractivity contribution in [2.45, 2.75) is 93.2 Å². The van der Waals surface area contributed by atoms with Crippen LogP contribution in [0.25, 0.3) is 11.0 Å². The van der Waals surface area contributed by atoms with Crippen molar-refractivity contribution < 1.29 is 6.11 Å². The molecule has 2 fully saturated rings. The van der Waals surface area contributed by atoms with Crippen molar-refractivity contribution in [1.82, 2.24) is 29.5 Å². The van der Waals surface area contributed by atoms with Crippen molar-refractivity contribution in [1.29, 1.82) is 0 Å². The molecule has 5 rings (SSSR count). The highest BCUT2D eigenvalue weighted by Crippen LogP contribution is 2.33. The van der Waals surface area contributed by atoms with E-state index in [1.807, 2.05) is 91.9 Å². The molecule has 1 saturated heterocycles. The van der Waals surface area contributed by atoms with Gasteiger partial charge in [0, 0.05) is 39.8 Å². The first kappa shape index (κ1) is 33.3. The first-order valence-electron chi connectivity index (χ1n) is 16.1. The third kappa shape index (κ3) is 10.2. The van der Waals surface area contributed by atoms with Gasteiger partial charge < -0.3 is 9.64 Å². The van der Waals surface area contributed by atoms with Gasteiger partial charge in [-0.1, -0.05) is 79.5 Å². The molecule has 0 amide bonds. The minimum atomic E-state index is 0.310. The van der Waals surface area contributed by atoms with Crippen LogP contribution in [0.3, 0.4) is 0 Å². The highest BCUT2D eigenvalue weighted by molar-refractivity contribution is 5.80. The van der Waals surface area contributed by atoms with E-state index in [1.165, 1.54) is 12.8 Å². The van der Waals surface area contributed by atoms with E-state index < -0.39 is 0 Å². The zero-order chi connectivity index (χ0) is 30.5. The van der Waals surface area contributed by atoms with Gasteiger partial charge in [0.15, 0.2) is 5.65 Å². The predicted molar refractivity (Wildman–Crippen MR) is 170 cm³/mol. The number of ether oxygens (including phenoxy) is 1. The first-order chi connectivity index (χ1) is 20.3. The lowest BCUT2D eigenvalue weighted by atomic mass is 9.90. The molecule has 3 heterocycles. The molecule has 0 atom stereocenters. The fourth-order valence-electron chi connectivity index (χ4n) is 4.78. The topological polar surface area (TPSA) is 59.3 Å². The Morgan fingerprint density at radius 1 is 0.875 bits per heavy atom. The lowest BCUT2D eigenvalue weighted by Crippen LogP contribution is -2.49. The summed E-state index contributed by atoms with van der Waals surface area (Å²) in [7, 11) is 0.415. The molecule has 0 bridgehead atoms. The Bertz CT molecular complexity index is 1110. The second-order valence-electron chi connectivity index (χ2n) is 8.57. The Hall–Kier alpha value is -2.95. The van der Waals surface area contributed by atoms with E-state index >= 15 is 0 Å². The molecule has 1 saturated carbocycles. The van der Waals surface area contributed by atoms with Gasteiger partial charge in [-0.15, -0.1) is 0 Å². The van der Waals surface area contributed by atoms with Gasteiger partial charge in [-0.05, 0) is 50.8 Å². The number of piperazine rings is 1. The van der Waals surface area contributed by atoms with E-state index in [1.54, 1.807) is 6.33 Å². The van der Waals surface area contributed by atoms with E-state index in [4.69, 9.17) is 11.2 Å². The largest absolute Gasteiger partial charge is 0.481 e. The van der Waals surface area contributed by atoms with E-state index in [2.05, 4.69) is 36.3 Å². The molecule has 40 heavy (non-hydrogen) atoms. The van der Waals surface area contributed by atoms with Crippen LogP contribution in [0.1, 0.15) is 94.2 Å². The van der Waals surface area contributed by atoms with E-state index in [-0.39, 0.29) is 0 Å². The van der Waals surface area contributed by atoms with Crippen LogP contribution in [-0.2, 0) is 0 Å². The van der Waals surface area contributed by atoms with Crippen molar-refractivity contribution in [2.24, 2.45) is 0 Å². The minimum Gasteiger partial charge on any atom is -0.481 e. The number of hydrogen-bond donors (Lipinski definition) is 0. The summed E-state index contributed by atoms with van der Waals surface area (Å²) in [4.78, 5) is 13.6. The molecule has 3 aromatic rings. The Labute approximate surface area is 245 Å². The first-order valence-corrected chi connectivity index (χ1v) is 15.4. The molecule has 0 radical (unpaired) electrons. The summed E-state index contributed by atoms with van der Waals surface area (Å²) >= 11 is 0. The molecule has 0 spiro atoms. The lowest BCUT2D eigenvalue weighted by molar-refractivity contribution is 0.0815. The standard InChI is InChI=1S/C25H30N6O.4C2H6/c1-29-13-15-30(16-14-29)20-9-11-21(12-10-20)31-25-23(18-26-19-27-25)24(28-31)8-5-17-32-22-6-3-2-4-7-22;4*1-2/h2-4,6-7,18-21H,9-17H2,1H3;4*1-2H3/i1D;;;;. The fourth-order valence-corrected chi connectivity index (χ4v) is 4.78. The van der Waals surface area contributed by atoms with Gasteiger partial charge >= 0.3 is 0 Å². The summed E-state index contributed by atoms with van der Waals surface area (Å²) < 4.78 is 15.3. The number of fused-ring (bicyclic) bond motifs is 1. The molecule has 222 valence electrons. The number of benzene rings is 1. The molecule has 2 aromatic heterocycles. The molecule has 0 N–H and O–H groups in total. The lowest BCUT2D eigenvalue weighted by Gasteiger charge is -2.41. The monoisotopic (exact) mass is 551 g/mol. The maximum atomic E-state index is 7.56. The van der Waals surface area contributed by atoms with Gasteiger partial charge in [0.25, 0.3) is 0 Å². The number of hydrogen-bond acceptors (Lipinski definition) is 6.